The number of hydrogen-bond acceptors (Lipinski definition) is 5. The van der Waals surface area contributed by atoms with Gasteiger partial charge in [-0.25, -0.2) is 4.98 Å². The number of nitrogens with zero attached hydrogens (tertiary/aromatic N) is 3. The third-order valence-corrected chi connectivity index (χ3v) is 4.91. The van der Waals surface area contributed by atoms with Gasteiger partial charge in [0.05, 0.1) is 19.0 Å². The van der Waals surface area contributed by atoms with Crippen molar-refractivity contribution >= 4 is 28.3 Å². The molecule has 27 heavy (non-hydrogen) atoms. The van der Waals surface area contributed by atoms with Gasteiger partial charge in [0.25, 0.3) is 5.91 Å². The van der Waals surface area contributed by atoms with E-state index in [4.69, 9.17) is 4.74 Å². The summed E-state index contributed by atoms with van der Waals surface area (Å²) >= 11 is 0. The number of rotatable bonds is 4. The molecule has 0 atom stereocenters. The van der Waals surface area contributed by atoms with Crippen LogP contribution in [0.25, 0.3) is 10.9 Å². The van der Waals surface area contributed by atoms with Gasteiger partial charge < -0.3 is 24.8 Å². The van der Waals surface area contributed by atoms with Crippen LogP contribution in [0.2, 0.25) is 0 Å². The van der Waals surface area contributed by atoms with Crippen molar-refractivity contribution in [2.75, 3.05) is 50.6 Å². The van der Waals surface area contributed by atoms with E-state index in [0.717, 1.165) is 48.6 Å². The van der Waals surface area contributed by atoms with Crippen molar-refractivity contribution < 1.29 is 9.53 Å². The minimum Gasteiger partial charge on any atom is -0.497 e. The number of likely N-dealkylation sites (N-methyl/N-ethyl adjacent to an activating group) is 1. The Bertz CT molecular complexity index is 943. The highest BCUT2D eigenvalue weighted by molar-refractivity contribution is 6.06. The summed E-state index contributed by atoms with van der Waals surface area (Å²) in [6, 6.07) is 11.3. The Balaban J connectivity index is 1.45. The van der Waals surface area contributed by atoms with Crippen LogP contribution in [0.3, 0.4) is 0 Å². The summed E-state index contributed by atoms with van der Waals surface area (Å²) in [6.07, 6.45) is 1.71. The zero-order chi connectivity index (χ0) is 18.8. The highest BCUT2D eigenvalue weighted by Gasteiger charge is 2.15. The van der Waals surface area contributed by atoms with Gasteiger partial charge in [0.15, 0.2) is 0 Å². The SMILES string of the molecule is COc1ccc2[nH]c(C(=O)Nc3ccc(N4CCN(C)CC4)nc3)cc2c1. The second kappa shape index (κ2) is 7.28. The first-order valence-electron chi connectivity index (χ1n) is 9.00. The zero-order valence-corrected chi connectivity index (χ0v) is 15.5. The minimum absolute atomic E-state index is 0.195. The van der Waals surface area contributed by atoms with E-state index in [1.807, 2.05) is 36.4 Å². The van der Waals surface area contributed by atoms with E-state index in [2.05, 4.69) is 32.1 Å². The average molecular weight is 365 g/mol. The quantitative estimate of drug-likeness (QED) is 0.743. The smallest absolute Gasteiger partial charge is 0.272 e. The zero-order valence-electron chi connectivity index (χ0n) is 15.5. The molecular weight excluding hydrogens is 342 g/mol. The Kier molecular flexibility index (Phi) is 4.68. The molecule has 3 heterocycles. The Morgan fingerprint density at radius 3 is 2.67 bits per heavy atom. The Labute approximate surface area is 157 Å². The van der Waals surface area contributed by atoms with Crippen LogP contribution >= 0.6 is 0 Å². The highest BCUT2D eigenvalue weighted by Crippen LogP contribution is 2.22. The lowest BCUT2D eigenvalue weighted by Crippen LogP contribution is -2.44. The van der Waals surface area contributed by atoms with Crippen molar-refractivity contribution in [3.8, 4) is 5.75 Å². The maximum absolute atomic E-state index is 12.5. The summed E-state index contributed by atoms with van der Waals surface area (Å²) in [6.45, 7) is 4.00. The molecule has 0 saturated carbocycles. The van der Waals surface area contributed by atoms with Crippen molar-refractivity contribution in [2.24, 2.45) is 0 Å². The van der Waals surface area contributed by atoms with Gasteiger partial charge in [0.2, 0.25) is 0 Å². The number of aromatic nitrogens is 2. The maximum Gasteiger partial charge on any atom is 0.272 e. The molecule has 1 aliphatic heterocycles. The molecule has 1 fully saturated rings. The fourth-order valence-electron chi connectivity index (χ4n) is 3.24. The van der Waals surface area contributed by atoms with Gasteiger partial charge in [0, 0.05) is 37.1 Å². The molecule has 1 saturated heterocycles. The number of aromatic amines is 1. The summed E-state index contributed by atoms with van der Waals surface area (Å²) in [5, 5.41) is 3.83. The summed E-state index contributed by atoms with van der Waals surface area (Å²) in [5.41, 5.74) is 2.07. The molecule has 3 aromatic rings. The number of amides is 1. The van der Waals surface area contributed by atoms with E-state index in [1.165, 1.54) is 0 Å². The van der Waals surface area contributed by atoms with E-state index in [-0.39, 0.29) is 5.91 Å². The fraction of sp³-hybridized carbons (Fsp3) is 0.300. The summed E-state index contributed by atoms with van der Waals surface area (Å²) in [4.78, 5) is 24.7. The van der Waals surface area contributed by atoms with Crippen molar-refractivity contribution in [3.63, 3.8) is 0 Å². The average Bonchev–Trinajstić information content (AvgIpc) is 3.12. The number of benzene rings is 1. The molecule has 140 valence electrons. The Morgan fingerprint density at radius 1 is 1.15 bits per heavy atom. The van der Waals surface area contributed by atoms with E-state index in [9.17, 15) is 4.79 Å². The third kappa shape index (κ3) is 3.73. The lowest BCUT2D eigenvalue weighted by molar-refractivity contribution is 0.102. The number of nitrogens with one attached hydrogen (secondary N) is 2. The van der Waals surface area contributed by atoms with Crippen LogP contribution in [0.15, 0.2) is 42.6 Å². The number of piperazine rings is 1. The molecule has 1 aliphatic rings. The van der Waals surface area contributed by atoms with Crippen LogP contribution in [-0.4, -0.2) is 61.1 Å². The van der Waals surface area contributed by atoms with Gasteiger partial charge in [-0.05, 0) is 43.4 Å². The van der Waals surface area contributed by atoms with Crippen molar-refractivity contribution in [2.45, 2.75) is 0 Å². The van der Waals surface area contributed by atoms with Gasteiger partial charge >= 0.3 is 0 Å². The number of anilines is 2. The second-order valence-electron chi connectivity index (χ2n) is 6.79. The molecule has 1 aromatic carbocycles. The molecule has 7 heteroatoms. The number of fused-ring (bicyclic) bond motifs is 1. The lowest BCUT2D eigenvalue weighted by atomic mass is 10.2. The van der Waals surface area contributed by atoms with Crippen LogP contribution < -0.4 is 15.0 Å². The molecule has 7 nitrogen and oxygen atoms in total. The van der Waals surface area contributed by atoms with Crippen molar-refractivity contribution in [1.29, 1.82) is 0 Å². The molecule has 0 aliphatic carbocycles. The number of H-pyrrole nitrogens is 1. The number of carbonyl (C=O) groups is 1. The first kappa shape index (κ1) is 17.4. The monoisotopic (exact) mass is 365 g/mol. The van der Waals surface area contributed by atoms with Crippen molar-refractivity contribution in [1.82, 2.24) is 14.9 Å². The molecule has 0 unspecified atom stereocenters. The standard InChI is InChI=1S/C20H23N5O2/c1-24-7-9-25(10-8-24)19-6-3-15(13-21-19)22-20(26)18-12-14-11-16(27-2)4-5-17(14)23-18/h3-6,11-13,23H,7-10H2,1-2H3,(H,22,26). The number of pyridine rings is 1. The van der Waals surface area contributed by atoms with Gasteiger partial charge in [-0.2, -0.15) is 0 Å². The number of ether oxygens (including phenoxy) is 1. The van der Waals surface area contributed by atoms with Gasteiger partial charge in [-0.3, -0.25) is 4.79 Å². The fourth-order valence-corrected chi connectivity index (χ4v) is 3.24. The molecule has 4 rings (SSSR count). The molecule has 2 aromatic heterocycles. The third-order valence-electron chi connectivity index (χ3n) is 4.91. The predicted molar refractivity (Wildman–Crippen MR) is 107 cm³/mol. The van der Waals surface area contributed by atoms with Gasteiger partial charge in [-0.15, -0.1) is 0 Å². The first-order valence-corrected chi connectivity index (χ1v) is 9.00. The van der Waals surface area contributed by atoms with E-state index < -0.39 is 0 Å². The van der Waals surface area contributed by atoms with Crippen LogP contribution in [0.4, 0.5) is 11.5 Å². The summed E-state index contributed by atoms with van der Waals surface area (Å²) in [5.74, 6) is 1.51. The van der Waals surface area contributed by atoms with Crippen LogP contribution in [0.5, 0.6) is 5.75 Å². The summed E-state index contributed by atoms with van der Waals surface area (Å²) < 4.78 is 5.23. The second-order valence-corrected chi connectivity index (χ2v) is 6.79. The topological polar surface area (TPSA) is 73.5 Å². The first-order chi connectivity index (χ1) is 13.1. The molecule has 0 spiro atoms. The maximum atomic E-state index is 12.5. The van der Waals surface area contributed by atoms with E-state index >= 15 is 0 Å². The molecule has 2 N–H and O–H groups in total. The number of methoxy groups -OCH3 is 1. The molecular formula is C20H23N5O2. The largest absolute Gasteiger partial charge is 0.497 e. The Morgan fingerprint density at radius 2 is 1.96 bits per heavy atom. The predicted octanol–water partition coefficient (Wildman–Crippen LogP) is 2.58. The van der Waals surface area contributed by atoms with E-state index in [0.29, 0.717) is 11.4 Å². The van der Waals surface area contributed by atoms with Gasteiger partial charge in [-0.1, -0.05) is 0 Å². The van der Waals surface area contributed by atoms with Crippen molar-refractivity contribution in [3.05, 3.63) is 48.3 Å². The molecule has 0 radical (unpaired) electrons. The summed E-state index contributed by atoms with van der Waals surface area (Å²) in [7, 11) is 3.75. The normalized spacial score (nSPS) is 15.1. The molecule has 1 amide bonds. The van der Waals surface area contributed by atoms with Crippen LogP contribution in [-0.2, 0) is 0 Å². The minimum atomic E-state index is -0.195. The molecule has 0 bridgehead atoms. The van der Waals surface area contributed by atoms with Crippen LogP contribution in [0.1, 0.15) is 10.5 Å². The van der Waals surface area contributed by atoms with Gasteiger partial charge in [0.1, 0.15) is 17.3 Å². The number of hydrogen-bond donors (Lipinski definition) is 2. The number of carbonyl (C=O) groups excluding carboxylic acids is 1. The Hall–Kier alpha value is -3.06. The van der Waals surface area contributed by atoms with E-state index in [1.54, 1.807) is 13.3 Å². The van der Waals surface area contributed by atoms with Crippen LogP contribution in [0, 0.1) is 0 Å². The lowest BCUT2D eigenvalue weighted by Gasteiger charge is -2.33. The highest BCUT2D eigenvalue weighted by atomic mass is 16.5.